The number of anilines is 2. The Labute approximate surface area is 166 Å². The van der Waals surface area contributed by atoms with E-state index in [1.165, 1.54) is 24.3 Å². The van der Waals surface area contributed by atoms with Crippen molar-refractivity contribution < 1.29 is 17.9 Å². The Morgan fingerprint density at radius 2 is 1.79 bits per heavy atom. The lowest BCUT2D eigenvalue weighted by atomic mass is 10.1. The SMILES string of the molecule is CN(C)CCCn1nnc(-c2ccccc2Nc2ccc(OC(F)(F)F)cc2)n1. The topological polar surface area (TPSA) is 68.1 Å². The average molecular weight is 406 g/mol. The zero-order valence-electron chi connectivity index (χ0n) is 16.0. The van der Waals surface area contributed by atoms with Gasteiger partial charge in [-0.25, -0.2) is 0 Å². The van der Waals surface area contributed by atoms with Gasteiger partial charge in [-0.3, -0.25) is 0 Å². The molecule has 3 rings (SSSR count). The Morgan fingerprint density at radius 1 is 1.07 bits per heavy atom. The fourth-order valence-corrected chi connectivity index (χ4v) is 2.66. The number of benzene rings is 2. The zero-order valence-corrected chi connectivity index (χ0v) is 16.0. The van der Waals surface area contributed by atoms with E-state index in [2.05, 4.69) is 30.4 Å². The van der Waals surface area contributed by atoms with Crippen molar-refractivity contribution in [3.05, 3.63) is 48.5 Å². The maximum absolute atomic E-state index is 12.3. The molecule has 154 valence electrons. The number of nitrogens with zero attached hydrogens (tertiary/aromatic N) is 5. The summed E-state index contributed by atoms with van der Waals surface area (Å²) in [7, 11) is 4.01. The van der Waals surface area contributed by atoms with Crippen molar-refractivity contribution in [3.8, 4) is 17.1 Å². The van der Waals surface area contributed by atoms with Crippen LogP contribution in [0.2, 0.25) is 0 Å². The molecule has 3 aromatic rings. The summed E-state index contributed by atoms with van der Waals surface area (Å²) in [4.78, 5) is 3.64. The number of para-hydroxylation sites is 1. The molecule has 0 aliphatic rings. The summed E-state index contributed by atoms with van der Waals surface area (Å²) in [6.45, 7) is 1.57. The number of hydrogen-bond donors (Lipinski definition) is 1. The third-order valence-electron chi connectivity index (χ3n) is 3.95. The summed E-state index contributed by atoms with van der Waals surface area (Å²) in [5.41, 5.74) is 2.05. The molecule has 1 aromatic heterocycles. The number of aryl methyl sites for hydroxylation is 1. The number of nitrogens with one attached hydrogen (secondary N) is 1. The Bertz CT molecular complexity index is 924. The lowest BCUT2D eigenvalue weighted by Crippen LogP contribution is -2.16. The van der Waals surface area contributed by atoms with E-state index in [1.807, 2.05) is 38.4 Å². The van der Waals surface area contributed by atoms with E-state index >= 15 is 0 Å². The molecular weight excluding hydrogens is 385 g/mol. The van der Waals surface area contributed by atoms with Gasteiger partial charge in [0.2, 0.25) is 5.82 Å². The summed E-state index contributed by atoms with van der Waals surface area (Å²) >= 11 is 0. The van der Waals surface area contributed by atoms with E-state index in [-0.39, 0.29) is 5.75 Å². The molecule has 10 heteroatoms. The first-order valence-corrected chi connectivity index (χ1v) is 8.95. The Hall–Kier alpha value is -3.14. The molecule has 0 aliphatic heterocycles. The molecule has 0 aliphatic carbocycles. The van der Waals surface area contributed by atoms with Crippen LogP contribution in [0, 0.1) is 0 Å². The van der Waals surface area contributed by atoms with Gasteiger partial charge in [0, 0.05) is 16.9 Å². The van der Waals surface area contributed by atoms with Crippen LogP contribution in [0.25, 0.3) is 11.4 Å². The number of alkyl halides is 3. The number of ether oxygens (including phenoxy) is 1. The van der Waals surface area contributed by atoms with Crippen LogP contribution in [0.4, 0.5) is 24.5 Å². The fraction of sp³-hybridized carbons (Fsp3) is 0.316. The Balaban J connectivity index is 1.72. The normalized spacial score (nSPS) is 11.7. The summed E-state index contributed by atoms with van der Waals surface area (Å²) in [5, 5.41) is 15.8. The molecule has 0 radical (unpaired) electrons. The van der Waals surface area contributed by atoms with E-state index in [9.17, 15) is 13.2 Å². The molecule has 0 spiro atoms. The molecule has 1 heterocycles. The molecule has 0 fully saturated rings. The highest BCUT2D eigenvalue weighted by Gasteiger charge is 2.30. The van der Waals surface area contributed by atoms with Gasteiger partial charge in [0.15, 0.2) is 0 Å². The second kappa shape index (κ2) is 8.91. The van der Waals surface area contributed by atoms with Crippen LogP contribution >= 0.6 is 0 Å². The minimum atomic E-state index is -4.72. The average Bonchev–Trinajstić information content (AvgIpc) is 3.11. The standard InChI is InChI=1S/C19H21F3N6O/c1-27(2)12-5-13-28-25-18(24-26-28)16-6-3-4-7-17(16)23-14-8-10-15(11-9-14)29-19(20,21)22/h3-4,6-11,23H,5,12-13H2,1-2H3. The number of tetrazole rings is 1. The summed E-state index contributed by atoms with van der Waals surface area (Å²) in [6, 6.07) is 12.9. The number of rotatable bonds is 8. The van der Waals surface area contributed by atoms with Gasteiger partial charge in [-0.15, -0.1) is 23.4 Å². The first-order chi connectivity index (χ1) is 13.8. The molecule has 0 unspecified atom stereocenters. The molecule has 0 amide bonds. The van der Waals surface area contributed by atoms with Gasteiger partial charge in [-0.05, 0) is 68.7 Å². The summed E-state index contributed by atoms with van der Waals surface area (Å²) < 4.78 is 40.7. The molecule has 29 heavy (non-hydrogen) atoms. The maximum Gasteiger partial charge on any atom is 0.573 e. The van der Waals surface area contributed by atoms with Crippen molar-refractivity contribution in [3.63, 3.8) is 0 Å². The van der Waals surface area contributed by atoms with Crippen LogP contribution in [-0.2, 0) is 6.54 Å². The molecule has 0 atom stereocenters. The van der Waals surface area contributed by atoms with Crippen molar-refractivity contribution in [1.82, 2.24) is 25.1 Å². The highest BCUT2D eigenvalue weighted by Crippen LogP contribution is 2.29. The van der Waals surface area contributed by atoms with Crippen LogP contribution in [0.5, 0.6) is 5.75 Å². The second-order valence-electron chi connectivity index (χ2n) is 6.61. The van der Waals surface area contributed by atoms with Gasteiger partial charge in [0.25, 0.3) is 0 Å². The lowest BCUT2D eigenvalue weighted by molar-refractivity contribution is -0.274. The van der Waals surface area contributed by atoms with Crippen LogP contribution in [-0.4, -0.2) is 52.1 Å². The van der Waals surface area contributed by atoms with Gasteiger partial charge in [-0.1, -0.05) is 12.1 Å². The van der Waals surface area contributed by atoms with Crippen molar-refractivity contribution in [2.45, 2.75) is 19.3 Å². The summed E-state index contributed by atoms with van der Waals surface area (Å²) in [5.74, 6) is 0.189. The van der Waals surface area contributed by atoms with Gasteiger partial charge < -0.3 is 15.0 Å². The molecule has 0 saturated heterocycles. The predicted octanol–water partition coefficient (Wildman–Crippen LogP) is 3.93. The molecule has 1 N–H and O–H groups in total. The number of hydrogen-bond acceptors (Lipinski definition) is 6. The highest BCUT2D eigenvalue weighted by molar-refractivity contribution is 5.77. The minimum Gasteiger partial charge on any atom is -0.406 e. The van der Waals surface area contributed by atoms with Crippen molar-refractivity contribution in [1.29, 1.82) is 0 Å². The van der Waals surface area contributed by atoms with Gasteiger partial charge in [0.1, 0.15) is 5.75 Å². The molecule has 0 bridgehead atoms. The Kier molecular flexibility index (Phi) is 6.32. The quantitative estimate of drug-likeness (QED) is 0.611. The van der Waals surface area contributed by atoms with E-state index in [0.717, 1.165) is 18.5 Å². The monoisotopic (exact) mass is 406 g/mol. The largest absolute Gasteiger partial charge is 0.573 e. The smallest absolute Gasteiger partial charge is 0.406 e. The van der Waals surface area contributed by atoms with Gasteiger partial charge in [-0.2, -0.15) is 4.80 Å². The molecular formula is C19H21F3N6O. The van der Waals surface area contributed by atoms with Crippen LogP contribution < -0.4 is 10.1 Å². The van der Waals surface area contributed by atoms with Gasteiger partial charge in [0.05, 0.1) is 6.54 Å². The number of aromatic nitrogens is 4. The molecule has 2 aromatic carbocycles. The predicted molar refractivity (Wildman–Crippen MR) is 103 cm³/mol. The van der Waals surface area contributed by atoms with E-state index in [4.69, 9.17) is 0 Å². The molecule has 0 saturated carbocycles. The van der Waals surface area contributed by atoms with Crippen LogP contribution in [0.15, 0.2) is 48.5 Å². The first kappa shape index (κ1) is 20.6. The van der Waals surface area contributed by atoms with Crippen LogP contribution in [0.3, 0.4) is 0 Å². The van der Waals surface area contributed by atoms with Crippen LogP contribution in [0.1, 0.15) is 6.42 Å². The van der Waals surface area contributed by atoms with Crippen molar-refractivity contribution >= 4 is 11.4 Å². The Morgan fingerprint density at radius 3 is 2.48 bits per heavy atom. The van der Waals surface area contributed by atoms with E-state index in [0.29, 0.717) is 23.7 Å². The van der Waals surface area contributed by atoms with E-state index < -0.39 is 6.36 Å². The zero-order chi connectivity index (χ0) is 20.9. The maximum atomic E-state index is 12.3. The third kappa shape index (κ3) is 6.18. The van der Waals surface area contributed by atoms with Crippen molar-refractivity contribution in [2.24, 2.45) is 0 Å². The van der Waals surface area contributed by atoms with Crippen molar-refractivity contribution in [2.75, 3.05) is 26.0 Å². The summed E-state index contributed by atoms with van der Waals surface area (Å²) in [6.07, 6.45) is -3.82. The highest BCUT2D eigenvalue weighted by atomic mass is 19.4. The fourth-order valence-electron chi connectivity index (χ4n) is 2.66. The third-order valence-corrected chi connectivity index (χ3v) is 3.95. The van der Waals surface area contributed by atoms with Gasteiger partial charge >= 0.3 is 6.36 Å². The second-order valence-corrected chi connectivity index (χ2v) is 6.61. The number of halogens is 3. The first-order valence-electron chi connectivity index (χ1n) is 8.95. The van der Waals surface area contributed by atoms with E-state index in [1.54, 1.807) is 4.80 Å². The molecule has 7 nitrogen and oxygen atoms in total. The minimum absolute atomic E-state index is 0.279. The lowest BCUT2D eigenvalue weighted by Gasteiger charge is -2.12.